The molecule has 1 amide bonds. The van der Waals surface area contributed by atoms with Crippen molar-refractivity contribution in [2.45, 2.75) is 12.7 Å². The standard InChI is InChI=1S/C25H23F3N6O2/c1-33(15-16-2-4-18(5-3-16)25(26,27)28)24(35)23-29-11-17(12-30-23)21-14-32-22-20(21)10-19(13-31-22)34-6-8-36-9-7-34/h2-5,10-14H,6-9,15H2,1H3,(H,31,32). The Morgan fingerprint density at radius 3 is 2.44 bits per heavy atom. The molecule has 0 spiro atoms. The number of hydrogen-bond donors (Lipinski definition) is 1. The van der Waals surface area contributed by atoms with Gasteiger partial charge in [-0.3, -0.25) is 4.79 Å². The second-order valence-electron chi connectivity index (χ2n) is 8.54. The number of fused-ring (bicyclic) bond motifs is 1. The molecule has 1 fully saturated rings. The Labute approximate surface area is 204 Å². The minimum absolute atomic E-state index is 0.000124. The molecule has 0 radical (unpaired) electrons. The van der Waals surface area contributed by atoms with Crippen LogP contribution in [0.2, 0.25) is 0 Å². The average molecular weight is 496 g/mol. The summed E-state index contributed by atoms with van der Waals surface area (Å²) in [4.78, 5) is 32.6. The van der Waals surface area contributed by atoms with Crippen molar-refractivity contribution in [3.05, 3.63) is 72.1 Å². The molecule has 1 saturated heterocycles. The first-order valence-corrected chi connectivity index (χ1v) is 11.3. The van der Waals surface area contributed by atoms with Crippen molar-refractivity contribution >= 4 is 22.6 Å². The molecule has 0 atom stereocenters. The molecule has 5 rings (SSSR count). The number of pyridine rings is 1. The summed E-state index contributed by atoms with van der Waals surface area (Å²) in [6.45, 7) is 3.07. The highest BCUT2D eigenvalue weighted by atomic mass is 19.4. The summed E-state index contributed by atoms with van der Waals surface area (Å²) in [6.07, 6.45) is 2.42. The third-order valence-electron chi connectivity index (χ3n) is 6.09. The van der Waals surface area contributed by atoms with E-state index in [1.54, 1.807) is 19.4 Å². The number of carbonyl (C=O) groups excluding carboxylic acids is 1. The van der Waals surface area contributed by atoms with Gasteiger partial charge in [-0.15, -0.1) is 0 Å². The second kappa shape index (κ2) is 9.57. The fourth-order valence-electron chi connectivity index (χ4n) is 4.12. The lowest BCUT2D eigenvalue weighted by molar-refractivity contribution is -0.137. The lowest BCUT2D eigenvalue weighted by Crippen LogP contribution is -2.36. The van der Waals surface area contributed by atoms with Crippen molar-refractivity contribution in [1.29, 1.82) is 0 Å². The number of nitrogens with zero attached hydrogens (tertiary/aromatic N) is 5. The first-order valence-electron chi connectivity index (χ1n) is 11.3. The fourth-order valence-corrected chi connectivity index (χ4v) is 4.12. The van der Waals surface area contributed by atoms with Gasteiger partial charge in [0, 0.05) is 61.8 Å². The molecule has 0 saturated carbocycles. The molecule has 0 aliphatic carbocycles. The molecule has 36 heavy (non-hydrogen) atoms. The summed E-state index contributed by atoms with van der Waals surface area (Å²) in [7, 11) is 1.55. The van der Waals surface area contributed by atoms with Crippen LogP contribution in [0.1, 0.15) is 21.7 Å². The summed E-state index contributed by atoms with van der Waals surface area (Å²) in [5.41, 5.74) is 3.16. The number of carbonyl (C=O) groups is 1. The number of aromatic amines is 1. The first-order chi connectivity index (χ1) is 17.3. The van der Waals surface area contributed by atoms with Crippen LogP contribution >= 0.6 is 0 Å². The number of anilines is 1. The van der Waals surface area contributed by atoms with Gasteiger partial charge in [0.2, 0.25) is 5.82 Å². The Balaban J connectivity index is 1.31. The van der Waals surface area contributed by atoms with Gasteiger partial charge in [-0.1, -0.05) is 12.1 Å². The van der Waals surface area contributed by atoms with E-state index in [4.69, 9.17) is 4.74 Å². The zero-order valence-corrected chi connectivity index (χ0v) is 19.4. The van der Waals surface area contributed by atoms with Crippen LogP contribution in [-0.2, 0) is 17.5 Å². The SMILES string of the molecule is CN(Cc1ccc(C(F)(F)F)cc1)C(=O)c1ncc(-c2c[nH]c3ncc(N4CCOCC4)cc23)cn1. The third-order valence-corrected chi connectivity index (χ3v) is 6.09. The van der Waals surface area contributed by atoms with Crippen LogP contribution in [0.5, 0.6) is 0 Å². The van der Waals surface area contributed by atoms with Crippen molar-refractivity contribution in [2.75, 3.05) is 38.3 Å². The molecule has 11 heteroatoms. The van der Waals surface area contributed by atoms with Crippen LogP contribution in [0.25, 0.3) is 22.2 Å². The van der Waals surface area contributed by atoms with Gasteiger partial charge in [-0.25, -0.2) is 15.0 Å². The van der Waals surface area contributed by atoms with Crippen molar-refractivity contribution in [2.24, 2.45) is 0 Å². The predicted octanol–water partition coefficient (Wildman–Crippen LogP) is 4.15. The van der Waals surface area contributed by atoms with E-state index in [0.717, 1.165) is 53.1 Å². The van der Waals surface area contributed by atoms with E-state index in [2.05, 4.69) is 30.9 Å². The van der Waals surface area contributed by atoms with Gasteiger partial charge in [0.05, 0.1) is 30.7 Å². The minimum Gasteiger partial charge on any atom is -0.378 e. The Morgan fingerprint density at radius 1 is 1.08 bits per heavy atom. The number of alkyl halides is 3. The predicted molar refractivity (Wildman–Crippen MR) is 127 cm³/mol. The summed E-state index contributed by atoms with van der Waals surface area (Å²) >= 11 is 0. The number of halogens is 3. The molecule has 186 valence electrons. The number of hydrogen-bond acceptors (Lipinski definition) is 6. The monoisotopic (exact) mass is 496 g/mol. The molecular weight excluding hydrogens is 473 g/mol. The van der Waals surface area contributed by atoms with Crippen LogP contribution in [-0.4, -0.2) is 64.1 Å². The van der Waals surface area contributed by atoms with Crippen molar-refractivity contribution in [3.63, 3.8) is 0 Å². The Bertz CT molecular complexity index is 1360. The summed E-state index contributed by atoms with van der Waals surface area (Å²) in [5.74, 6) is -0.434. The van der Waals surface area contributed by atoms with E-state index in [1.807, 2.05) is 12.4 Å². The van der Waals surface area contributed by atoms with Gasteiger partial charge in [-0.2, -0.15) is 13.2 Å². The molecule has 0 unspecified atom stereocenters. The van der Waals surface area contributed by atoms with Crippen LogP contribution in [0, 0.1) is 0 Å². The Morgan fingerprint density at radius 2 is 1.78 bits per heavy atom. The highest BCUT2D eigenvalue weighted by Gasteiger charge is 2.30. The lowest BCUT2D eigenvalue weighted by atomic mass is 10.1. The molecule has 1 aromatic carbocycles. The summed E-state index contributed by atoms with van der Waals surface area (Å²) in [6, 6.07) is 6.77. The quantitative estimate of drug-likeness (QED) is 0.447. The molecule has 1 aliphatic rings. The maximum Gasteiger partial charge on any atom is 0.416 e. The van der Waals surface area contributed by atoms with Gasteiger partial charge in [-0.05, 0) is 23.8 Å². The summed E-state index contributed by atoms with van der Waals surface area (Å²) < 4.78 is 43.7. The molecule has 4 aromatic rings. The molecule has 0 bridgehead atoms. The van der Waals surface area contributed by atoms with E-state index in [9.17, 15) is 18.0 Å². The summed E-state index contributed by atoms with van der Waals surface area (Å²) in [5, 5.41) is 0.918. The van der Waals surface area contributed by atoms with E-state index in [1.165, 1.54) is 17.0 Å². The Kier molecular flexibility index (Phi) is 6.31. The first kappa shape index (κ1) is 23.7. The number of benzene rings is 1. The fraction of sp³-hybridized carbons (Fsp3) is 0.280. The topological polar surface area (TPSA) is 87.2 Å². The van der Waals surface area contributed by atoms with Crippen LogP contribution in [0.15, 0.2) is 55.1 Å². The number of nitrogens with one attached hydrogen (secondary N) is 1. The Hall–Kier alpha value is -3.99. The molecular formula is C25H23F3N6O2. The van der Waals surface area contributed by atoms with E-state index >= 15 is 0 Å². The lowest BCUT2D eigenvalue weighted by Gasteiger charge is -2.28. The zero-order chi connectivity index (χ0) is 25.3. The van der Waals surface area contributed by atoms with Gasteiger partial charge in [0.25, 0.3) is 5.91 Å². The number of H-pyrrole nitrogens is 1. The molecule has 1 aliphatic heterocycles. The normalized spacial score (nSPS) is 14.3. The number of ether oxygens (including phenoxy) is 1. The second-order valence-corrected chi connectivity index (χ2v) is 8.54. The van der Waals surface area contributed by atoms with Gasteiger partial charge in [0.1, 0.15) is 5.65 Å². The number of morpholine rings is 1. The van der Waals surface area contributed by atoms with Crippen LogP contribution < -0.4 is 4.90 Å². The van der Waals surface area contributed by atoms with Crippen molar-refractivity contribution < 1.29 is 22.7 Å². The van der Waals surface area contributed by atoms with Crippen LogP contribution in [0.3, 0.4) is 0 Å². The van der Waals surface area contributed by atoms with E-state index in [-0.39, 0.29) is 12.4 Å². The number of aromatic nitrogens is 4. The number of rotatable bonds is 5. The van der Waals surface area contributed by atoms with E-state index < -0.39 is 17.6 Å². The van der Waals surface area contributed by atoms with Gasteiger partial charge in [0.15, 0.2) is 0 Å². The van der Waals surface area contributed by atoms with Gasteiger partial charge < -0.3 is 19.5 Å². The van der Waals surface area contributed by atoms with Crippen molar-refractivity contribution in [1.82, 2.24) is 24.8 Å². The third kappa shape index (κ3) is 4.87. The van der Waals surface area contributed by atoms with Gasteiger partial charge >= 0.3 is 6.18 Å². The minimum atomic E-state index is -4.40. The maximum atomic E-state index is 12.8. The average Bonchev–Trinajstić information content (AvgIpc) is 3.32. The highest BCUT2D eigenvalue weighted by Crippen LogP contribution is 2.31. The smallest absolute Gasteiger partial charge is 0.378 e. The molecule has 3 aromatic heterocycles. The number of amides is 1. The van der Waals surface area contributed by atoms with E-state index in [0.29, 0.717) is 18.8 Å². The molecule has 4 heterocycles. The largest absolute Gasteiger partial charge is 0.416 e. The zero-order valence-electron chi connectivity index (χ0n) is 19.4. The molecule has 8 nitrogen and oxygen atoms in total. The van der Waals surface area contributed by atoms with Crippen LogP contribution in [0.4, 0.5) is 18.9 Å². The van der Waals surface area contributed by atoms with Crippen molar-refractivity contribution in [3.8, 4) is 11.1 Å². The molecule has 1 N–H and O–H groups in total. The highest BCUT2D eigenvalue weighted by molar-refractivity contribution is 5.95. The maximum absolute atomic E-state index is 12.8.